The van der Waals surface area contributed by atoms with Crippen molar-refractivity contribution in [1.29, 1.82) is 0 Å². The fraction of sp³-hybridized carbons (Fsp3) is 0.294. The summed E-state index contributed by atoms with van der Waals surface area (Å²) in [6.07, 6.45) is 0. The van der Waals surface area contributed by atoms with Crippen molar-refractivity contribution in [1.82, 2.24) is 5.32 Å². The van der Waals surface area contributed by atoms with Gasteiger partial charge in [-0.3, -0.25) is 0 Å². The number of halogens is 1. The molecule has 0 radical (unpaired) electrons. The maximum atomic E-state index is 13.3. The van der Waals surface area contributed by atoms with Gasteiger partial charge in [0.05, 0.1) is 0 Å². The average Bonchev–Trinajstić information content (AvgIpc) is 2.46. The van der Waals surface area contributed by atoms with E-state index >= 15 is 0 Å². The molecule has 1 nitrogen and oxygen atoms in total. The lowest BCUT2D eigenvalue weighted by atomic mass is 10.1. The number of rotatable bonds is 6. The molecule has 20 heavy (non-hydrogen) atoms. The van der Waals surface area contributed by atoms with E-state index in [9.17, 15) is 4.39 Å². The molecule has 0 saturated carbocycles. The lowest BCUT2D eigenvalue weighted by Gasteiger charge is -2.08. The van der Waals surface area contributed by atoms with Gasteiger partial charge in [-0.15, -0.1) is 11.8 Å². The van der Waals surface area contributed by atoms with E-state index in [1.54, 1.807) is 17.8 Å². The summed E-state index contributed by atoms with van der Waals surface area (Å²) < 4.78 is 13.3. The van der Waals surface area contributed by atoms with Crippen LogP contribution < -0.4 is 5.32 Å². The Bertz CT molecular complexity index is 569. The summed E-state index contributed by atoms with van der Waals surface area (Å²) in [5.41, 5.74) is 3.49. The summed E-state index contributed by atoms with van der Waals surface area (Å²) in [4.78, 5) is 1.23. The van der Waals surface area contributed by atoms with Crippen LogP contribution in [0.3, 0.4) is 0 Å². The maximum Gasteiger partial charge on any atom is 0.123 e. The highest BCUT2D eigenvalue weighted by atomic mass is 32.2. The van der Waals surface area contributed by atoms with E-state index in [2.05, 4.69) is 36.5 Å². The van der Waals surface area contributed by atoms with Crippen molar-refractivity contribution in [3.63, 3.8) is 0 Å². The largest absolute Gasteiger partial charge is 0.313 e. The minimum atomic E-state index is -0.160. The minimum absolute atomic E-state index is 0.160. The fourth-order valence-electron chi connectivity index (χ4n) is 1.97. The van der Waals surface area contributed by atoms with E-state index in [0.717, 1.165) is 30.0 Å². The van der Waals surface area contributed by atoms with Gasteiger partial charge in [0.1, 0.15) is 5.82 Å². The van der Waals surface area contributed by atoms with Gasteiger partial charge in [0, 0.05) is 17.2 Å². The smallest absolute Gasteiger partial charge is 0.123 e. The van der Waals surface area contributed by atoms with Crippen LogP contribution in [0, 0.1) is 12.7 Å². The van der Waals surface area contributed by atoms with E-state index < -0.39 is 0 Å². The molecule has 2 aromatic rings. The third kappa shape index (κ3) is 4.36. The van der Waals surface area contributed by atoms with Crippen molar-refractivity contribution >= 4 is 11.8 Å². The predicted octanol–water partition coefficient (Wildman–Crippen LogP) is 4.54. The van der Waals surface area contributed by atoms with E-state index in [0.29, 0.717) is 0 Å². The van der Waals surface area contributed by atoms with Crippen molar-refractivity contribution in [3.05, 3.63) is 65.0 Å². The van der Waals surface area contributed by atoms with Crippen molar-refractivity contribution in [2.45, 2.75) is 31.0 Å². The second-order valence-electron chi connectivity index (χ2n) is 4.79. The molecule has 2 aromatic carbocycles. The highest BCUT2D eigenvalue weighted by molar-refractivity contribution is 7.98. The first-order valence-corrected chi connectivity index (χ1v) is 7.85. The Balaban J connectivity index is 2.01. The highest BCUT2D eigenvalue weighted by Gasteiger charge is 2.03. The minimum Gasteiger partial charge on any atom is -0.313 e. The van der Waals surface area contributed by atoms with Crippen LogP contribution >= 0.6 is 11.8 Å². The summed E-state index contributed by atoms with van der Waals surface area (Å²) in [5, 5.41) is 3.32. The molecule has 0 unspecified atom stereocenters. The third-order valence-corrected chi connectivity index (χ3v) is 4.23. The summed E-state index contributed by atoms with van der Waals surface area (Å²) in [6.45, 7) is 5.99. The van der Waals surface area contributed by atoms with Crippen LogP contribution in [-0.4, -0.2) is 6.54 Å². The Morgan fingerprint density at radius 3 is 2.80 bits per heavy atom. The van der Waals surface area contributed by atoms with Crippen LogP contribution in [0.15, 0.2) is 47.4 Å². The Morgan fingerprint density at radius 2 is 2.00 bits per heavy atom. The van der Waals surface area contributed by atoms with Gasteiger partial charge >= 0.3 is 0 Å². The van der Waals surface area contributed by atoms with Crippen LogP contribution in [0.5, 0.6) is 0 Å². The molecule has 0 saturated heterocycles. The normalized spacial score (nSPS) is 10.8. The standard InChI is InChI=1S/C17H20FNS/c1-3-19-11-14-5-4-6-17(9-14)20-12-15-10-16(18)8-7-13(15)2/h4-10,19H,3,11-12H2,1-2H3. The average molecular weight is 289 g/mol. The molecule has 0 amide bonds. The summed E-state index contributed by atoms with van der Waals surface area (Å²) in [6, 6.07) is 13.5. The molecule has 106 valence electrons. The SMILES string of the molecule is CCNCc1cccc(SCc2cc(F)ccc2C)c1. The predicted molar refractivity (Wildman–Crippen MR) is 84.5 cm³/mol. The summed E-state index contributed by atoms with van der Waals surface area (Å²) >= 11 is 1.75. The third-order valence-electron chi connectivity index (χ3n) is 3.18. The maximum absolute atomic E-state index is 13.3. The van der Waals surface area contributed by atoms with Gasteiger partial charge in [-0.2, -0.15) is 0 Å². The van der Waals surface area contributed by atoms with E-state index in [4.69, 9.17) is 0 Å². The molecule has 0 bridgehead atoms. The molecule has 0 aliphatic rings. The van der Waals surface area contributed by atoms with E-state index in [-0.39, 0.29) is 5.82 Å². The fourth-order valence-corrected chi connectivity index (χ4v) is 3.01. The van der Waals surface area contributed by atoms with Crippen LogP contribution in [-0.2, 0) is 12.3 Å². The molecule has 0 spiro atoms. The first kappa shape index (κ1) is 15.1. The van der Waals surface area contributed by atoms with Gasteiger partial charge in [0.15, 0.2) is 0 Å². The summed E-state index contributed by atoms with van der Waals surface area (Å²) in [7, 11) is 0. The molecule has 0 heterocycles. The molecule has 0 atom stereocenters. The van der Waals surface area contributed by atoms with E-state index in [1.807, 2.05) is 13.0 Å². The number of benzene rings is 2. The number of thioether (sulfide) groups is 1. The Morgan fingerprint density at radius 1 is 1.15 bits per heavy atom. The van der Waals surface area contributed by atoms with Crippen LogP contribution in [0.4, 0.5) is 4.39 Å². The first-order chi connectivity index (χ1) is 9.69. The lowest BCUT2D eigenvalue weighted by molar-refractivity contribution is 0.626. The van der Waals surface area contributed by atoms with Gasteiger partial charge < -0.3 is 5.32 Å². The summed E-state index contributed by atoms with van der Waals surface area (Å²) in [5.74, 6) is 0.640. The monoisotopic (exact) mass is 289 g/mol. The molecule has 2 rings (SSSR count). The Hall–Kier alpha value is -1.32. The van der Waals surface area contributed by atoms with Crippen LogP contribution in [0.2, 0.25) is 0 Å². The van der Waals surface area contributed by atoms with Gasteiger partial charge in [-0.25, -0.2) is 4.39 Å². The first-order valence-electron chi connectivity index (χ1n) is 6.86. The van der Waals surface area contributed by atoms with Crippen molar-refractivity contribution < 1.29 is 4.39 Å². The number of nitrogens with one attached hydrogen (secondary N) is 1. The van der Waals surface area contributed by atoms with E-state index in [1.165, 1.54) is 16.5 Å². The molecule has 1 N–H and O–H groups in total. The second kappa shape index (κ2) is 7.46. The molecular formula is C17H20FNS. The van der Waals surface area contributed by atoms with Crippen molar-refractivity contribution in [3.8, 4) is 0 Å². The zero-order valence-corrected chi connectivity index (χ0v) is 12.8. The Labute approximate surface area is 124 Å². The van der Waals surface area contributed by atoms with Crippen LogP contribution in [0.25, 0.3) is 0 Å². The molecule has 0 aliphatic carbocycles. The molecule has 3 heteroatoms. The number of hydrogen-bond donors (Lipinski definition) is 1. The number of aryl methyl sites for hydroxylation is 1. The molecular weight excluding hydrogens is 269 g/mol. The lowest BCUT2D eigenvalue weighted by Crippen LogP contribution is -2.11. The quantitative estimate of drug-likeness (QED) is 0.784. The van der Waals surface area contributed by atoms with Gasteiger partial charge in [-0.1, -0.05) is 25.1 Å². The highest BCUT2D eigenvalue weighted by Crippen LogP contribution is 2.25. The van der Waals surface area contributed by atoms with Crippen molar-refractivity contribution in [2.24, 2.45) is 0 Å². The topological polar surface area (TPSA) is 12.0 Å². The van der Waals surface area contributed by atoms with Crippen LogP contribution in [0.1, 0.15) is 23.6 Å². The number of hydrogen-bond acceptors (Lipinski definition) is 2. The Kier molecular flexibility index (Phi) is 5.62. The van der Waals surface area contributed by atoms with Crippen molar-refractivity contribution in [2.75, 3.05) is 6.54 Å². The molecule has 0 aromatic heterocycles. The van der Waals surface area contributed by atoms with Gasteiger partial charge in [0.25, 0.3) is 0 Å². The second-order valence-corrected chi connectivity index (χ2v) is 5.84. The molecule has 0 aliphatic heterocycles. The van der Waals surface area contributed by atoms with Gasteiger partial charge in [0.2, 0.25) is 0 Å². The molecule has 0 fully saturated rings. The zero-order chi connectivity index (χ0) is 14.4. The zero-order valence-electron chi connectivity index (χ0n) is 11.9. The van der Waals surface area contributed by atoms with Gasteiger partial charge in [-0.05, 0) is 54.4 Å².